The van der Waals surface area contributed by atoms with Gasteiger partial charge in [-0.15, -0.1) is 0 Å². The van der Waals surface area contributed by atoms with Crippen molar-refractivity contribution in [3.8, 4) is 0 Å². The van der Waals surface area contributed by atoms with Crippen LogP contribution in [0.1, 0.15) is 71.1 Å². The molecule has 0 aromatic carbocycles. The Morgan fingerprint density at radius 3 is 2.32 bits per heavy atom. The summed E-state index contributed by atoms with van der Waals surface area (Å²) in [6, 6.07) is 0.429. The van der Waals surface area contributed by atoms with Gasteiger partial charge in [0.15, 0.2) is 0 Å². The van der Waals surface area contributed by atoms with Gasteiger partial charge < -0.3 is 5.32 Å². The summed E-state index contributed by atoms with van der Waals surface area (Å²) >= 11 is 0. The fourth-order valence-electron chi connectivity index (χ4n) is 6.65. The topological polar surface area (TPSA) is 29.1 Å². The lowest BCUT2D eigenvalue weighted by molar-refractivity contribution is -0.127. The molecule has 0 aromatic heterocycles. The van der Waals surface area contributed by atoms with E-state index in [1.54, 1.807) is 0 Å². The highest BCUT2D eigenvalue weighted by molar-refractivity contribution is 5.77. The molecule has 122 valence electrons. The predicted octanol–water partition coefficient (Wildman–Crippen LogP) is 4.45. The maximum Gasteiger partial charge on any atom is 0.220 e. The molecule has 0 spiro atoms. The number of amides is 1. The monoisotopic (exact) mass is 301 g/mol. The van der Waals surface area contributed by atoms with Crippen LogP contribution in [-0.2, 0) is 4.79 Å². The average molecular weight is 301 g/mol. The minimum absolute atomic E-state index is 0.305. The Morgan fingerprint density at radius 2 is 1.82 bits per heavy atom. The number of carbonyl (C=O) groups excluding carboxylic acids is 1. The second-order valence-corrected chi connectivity index (χ2v) is 8.78. The van der Waals surface area contributed by atoms with E-state index in [9.17, 15) is 4.79 Å². The highest BCUT2D eigenvalue weighted by atomic mass is 16.1. The third-order valence-corrected chi connectivity index (χ3v) is 7.13. The quantitative estimate of drug-likeness (QED) is 0.747. The first kappa shape index (κ1) is 14.8. The Balaban J connectivity index is 1.43. The van der Waals surface area contributed by atoms with Crippen LogP contribution in [0.5, 0.6) is 0 Å². The molecule has 0 heterocycles. The van der Waals surface area contributed by atoms with E-state index in [2.05, 4.69) is 24.4 Å². The molecule has 5 aliphatic carbocycles. The van der Waals surface area contributed by atoms with Crippen molar-refractivity contribution in [2.45, 2.75) is 77.2 Å². The van der Waals surface area contributed by atoms with Crippen LogP contribution in [-0.4, -0.2) is 11.9 Å². The molecule has 0 aromatic rings. The highest BCUT2D eigenvalue weighted by Crippen LogP contribution is 2.61. The highest BCUT2D eigenvalue weighted by Gasteiger charge is 2.53. The molecule has 2 heteroatoms. The summed E-state index contributed by atoms with van der Waals surface area (Å²) in [7, 11) is 0. The van der Waals surface area contributed by atoms with Crippen LogP contribution in [0.4, 0.5) is 0 Å². The minimum atomic E-state index is 0.305. The summed E-state index contributed by atoms with van der Waals surface area (Å²) < 4.78 is 0. The maximum atomic E-state index is 12.5. The van der Waals surface area contributed by atoms with E-state index in [0.717, 1.165) is 30.6 Å². The smallest absolute Gasteiger partial charge is 0.220 e. The molecule has 4 saturated carbocycles. The molecule has 4 bridgehead atoms. The standard InChI is InChI=1S/C20H31NO/c1-2-18(21-19(22)10-14-5-3-4-6-14)20-11-15-7-16(12-20)9-17(8-15)13-20/h3,5,14-18H,2,4,6-13H2,1H3,(H,21,22)/t14-,15?,16?,17?,18+,20?/m1/s1. The summed E-state index contributed by atoms with van der Waals surface area (Å²) in [6.45, 7) is 2.28. The summed E-state index contributed by atoms with van der Waals surface area (Å²) in [5.74, 6) is 3.70. The number of allylic oxidation sites excluding steroid dienone is 2. The second kappa shape index (κ2) is 5.69. The maximum absolute atomic E-state index is 12.5. The van der Waals surface area contributed by atoms with Gasteiger partial charge in [0.1, 0.15) is 0 Å². The fraction of sp³-hybridized carbons (Fsp3) is 0.850. The van der Waals surface area contributed by atoms with Gasteiger partial charge in [0.2, 0.25) is 5.91 Å². The molecular formula is C20H31NO. The lowest BCUT2D eigenvalue weighted by atomic mass is 9.47. The van der Waals surface area contributed by atoms with E-state index in [-0.39, 0.29) is 0 Å². The SMILES string of the molecule is CC[C@H](NC(=O)C[C@@H]1C=CCC1)C12CC3CC(CC(C3)C1)C2. The normalized spacial score (nSPS) is 43.5. The molecule has 1 amide bonds. The number of carbonyl (C=O) groups is 1. The van der Waals surface area contributed by atoms with Crippen LogP contribution in [0.3, 0.4) is 0 Å². The van der Waals surface area contributed by atoms with E-state index in [1.165, 1.54) is 44.9 Å². The summed E-state index contributed by atoms with van der Waals surface area (Å²) in [5.41, 5.74) is 0.449. The zero-order valence-electron chi connectivity index (χ0n) is 14.0. The van der Waals surface area contributed by atoms with Crippen LogP contribution >= 0.6 is 0 Å². The Labute approximate surface area is 135 Å². The molecule has 22 heavy (non-hydrogen) atoms. The number of hydrogen-bond acceptors (Lipinski definition) is 1. The van der Waals surface area contributed by atoms with Gasteiger partial charge in [-0.2, -0.15) is 0 Å². The van der Waals surface area contributed by atoms with Crippen molar-refractivity contribution < 1.29 is 4.79 Å². The Hall–Kier alpha value is -0.790. The lowest BCUT2D eigenvalue weighted by Gasteiger charge is -2.59. The van der Waals surface area contributed by atoms with E-state index >= 15 is 0 Å². The van der Waals surface area contributed by atoms with Crippen LogP contribution in [0.25, 0.3) is 0 Å². The largest absolute Gasteiger partial charge is 0.353 e. The zero-order valence-corrected chi connectivity index (χ0v) is 14.0. The molecular weight excluding hydrogens is 270 g/mol. The van der Waals surface area contributed by atoms with E-state index in [0.29, 0.717) is 29.7 Å². The van der Waals surface area contributed by atoms with Crippen LogP contribution < -0.4 is 5.32 Å². The minimum Gasteiger partial charge on any atom is -0.353 e. The van der Waals surface area contributed by atoms with Gasteiger partial charge in [0.25, 0.3) is 0 Å². The summed E-state index contributed by atoms with van der Waals surface area (Å²) in [6.07, 6.45) is 17.2. The van der Waals surface area contributed by atoms with E-state index < -0.39 is 0 Å². The van der Waals surface area contributed by atoms with Crippen molar-refractivity contribution in [1.82, 2.24) is 5.32 Å². The molecule has 1 N–H and O–H groups in total. The summed E-state index contributed by atoms with van der Waals surface area (Å²) in [5, 5.41) is 3.48. The molecule has 0 saturated heterocycles. The first-order valence-corrected chi connectivity index (χ1v) is 9.63. The number of nitrogens with one attached hydrogen (secondary N) is 1. The predicted molar refractivity (Wildman–Crippen MR) is 89.3 cm³/mol. The third-order valence-electron chi connectivity index (χ3n) is 7.13. The van der Waals surface area contributed by atoms with Crippen LogP contribution in [0, 0.1) is 29.1 Å². The molecule has 0 unspecified atom stereocenters. The van der Waals surface area contributed by atoms with Gasteiger partial charge in [-0.1, -0.05) is 19.1 Å². The first-order chi connectivity index (χ1) is 10.7. The Bertz CT molecular complexity index is 431. The Kier molecular flexibility index (Phi) is 3.82. The lowest BCUT2D eigenvalue weighted by Crippen LogP contribution is -2.56. The molecule has 2 atom stereocenters. The van der Waals surface area contributed by atoms with Gasteiger partial charge in [-0.3, -0.25) is 4.79 Å². The summed E-state index contributed by atoms with van der Waals surface area (Å²) in [4.78, 5) is 12.5. The van der Waals surface area contributed by atoms with E-state index in [1.807, 2.05) is 0 Å². The average Bonchev–Trinajstić information content (AvgIpc) is 2.96. The molecule has 5 aliphatic rings. The van der Waals surface area contributed by atoms with Crippen molar-refractivity contribution in [3.05, 3.63) is 12.2 Å². The molecule has 4 fully saturated rings. The first-order valence-electron chi connectivity index (χ1n) is 9.63. The van der Waals surface area contributed by atoms with E-state index in [4.69, 9.17) is 0 Å². The van der Waals surface area contributed by atoms with Crippen molar-refractivity contribution in [2.75, 3.05) is 0 Å². The Morgan fingerprint density at radius 1 is 1.18 bits per heavy atom. The molecule has 5 rings (SSSR count). The van der Waals surface area contributed by atoms with Gasteiger partial charge in [-0.05, 0) is 86.9 Å². The zero-order chi connectivity index (χ0) is 15.2. The van der Waals surface area contributed by atoms with Crippen molar-refractivity contribution in [1.29, 1.82) is 0 Å². The van der Waals surface area contributed by atoms with Crippen LogP contribution in [0.2, 0.25) is 0 Å². The van der Waals surface area contributed by atoms with Gasteiger partial charge >= 0.3 is 0 Å². The molecule has 0 aliphatic heterocycles. The van der Waals surface area contributed by atoms with Crippen molar-refractivity contribution in [2.24, 2.45) is 29.1 Å². The second-order valence-electron chi connectivity index (χ2n) is 8.78. The van der Waals surface area contributed by atoms with Crippen molar-refractivity contribution in [3.63, 3.8) is 0 Å². The number of rotatable bonds is 5. The van der Waals surface area contributed by atoms with Gasteiger partial charge in [0.05, 0.1) is 0 Å². The van der Waals surface area contributed by atoms with Gasteiger partial charge in [0, 0.05) is 12.5 Å². The number of hydrogen-bond donors (Lipinski definition) is 1. The molecule has 2 nitrogen and oxygen atoms in total. The van der Waals surface area contributed by atoms with Crippen LogP contribution in [0.15, 0.2) is 12.2 Å². The van der Waals surface area contributed by atoms with Crippen molar-refractivity contribution >= 4 is 5.91 Å². The van der Waals surface area contributed by atoms with Gasteiger partial charge in [-0.25, -0.2) is 0 Å². The molecule has 0 radical (unpaired) electrons. The third kappa shape index (κ3) is 2.63. The fourth-order valence-corrected chi connectivity index (χ4v) is 6.65.